The van der Waals surface area contributed by atoms with Crippen molar-refractivity contribution in [3.05, 3.63) is 35.3 Å². The van der Waals surface area contributed by atoms with Crippen molar-refractivity contribution in [3.63, 3.8) is 0 Å². The van der Waals surface area contributed by atoms with Gasteiger partial charge in [0.15, 0.2) is 0 Å². The van der Waals surface area contributed by atoms with Gasteiger partial charge < -0.3 is 11.1 Å². The van der Waals surface area contributed by atoms with Crippen molar-refractivity contribution >= 4 is 11.5 Å². The number of hydrogen-bond acceptors (Lipinski definition) is 4. The number of anilines is 2. The molecule has 3 N–H and O–H groups in total. The van der Waals surface area contributed by atoms with E-state index in [0.717, 1.165) is 22.6 Å². The minimum absolute atomic E-state index is 0.673. The molecule has 0 unspecified atom stereocenters. The van der Waals surface area contributed by atoms with Crippen molar-refractivity contribution in [2.75, 3.05) is 11.1 Å². The maximum Gasteiger partial charge on any atom is 0.149 e. The number of pyridine rings is 1. The Labute approximate surface area is 101 Å². The van der Waals surface area contributed by atoms with Crippen LogP contribution in [0.25, 0.3) is 0 Å². The average molecular weight is 231 g/mol. The van der Waals surface area contributed by atoms with Gasteiger partial charge in [0, 0.05) is 31.5 Å². The van der Waals surface area contributed by atoms with Crippen molar-refractivity contribution in [1.29, 1.82) is 0 Å². The Morgan fingerprint density at radius 2 is 2.18 bits per heavy atom. The molecule has 90 valence electrons. The highest BCUT2D eigenvalue weighted by Crippen LogP contribution is 2.17. The molecule has 0 amide bonds. The van der Waals surface area contributed by atoms with Crippen molar-refractivity contribution in [3.8, 4) is 0 Å². The molecule has 0 spiro atoms. The summed E-state index contributed by atoms with van der Waals surface area (Å²) in [4.78, 5) is 4.27. The van der Waals surface area contributed by atoms with Crippen LogP contribution in [-0.4, -0.2) is 14.8 Å². The van der Waals surface area contributed by atoms with Gasteiger partial charge in [-0.2, -0.15) is 5.10 Å². The van der Waals surface area contributed by atoms with Crippen LogP contribution in [-0.2, 0) is 13.6 Å². The van der Waals surface area contributed by atoms with Crippen LogP contribution in [0, 0.1) is 13.8 Å². The Morgan fingerprint density at radius 3 is 2.76 bits per heavy atom. The first-order chi connectivity index (χ1) is 8.06. The first kappa shape index (κ1) is 11.4. The Hall–Kier alpha value is -2.04. The lowest BCUT2D eigenvalue weighted by molar-refractivity contribution is 0.756. The molecule has 0 saturated carbocycles. The number of aryl methyl sites for hydroxylation is 3. The van der Waals surface area contributed by atoms with E-state index in [1.54, 1.807) is 10.9 Å². The zero-order chi connectivity index (χ0) is 12.4. The van der Waals surface area contributed by atoms with Gasteiger partial charge in [0.2, 0.25) is 0 Å². The number of hydrogen-bond donors (Lipinski definition) is 2. The second kappa shape index (κ2) is 4.45. The van der Waals surface area contributed by atoms with Crippen molar-refractivity contribution in [2.24, 2.45) is 7.05 Å². The van der Waals surface area contributed by atoms with Crippen LogP contribution in [0.5, 0.6) is 0 Å². The molecule has 0 saturated heterocycles. The monoisotopic (exact) mass is 231 g/mol. The summed E-state index contributed by atoms with van der Waals surface area (Å²) in [6.07, 6.45) is 3.79. The maximum atomic E-state index is 5.88. The summed E-state index contributed by atoms with van der Waals surface area (Å²) in [6.45, 7) is 4.64. The molecule has 0 aliphatic rings. The maximum absolute atomic E-state index is 5.88. The second-order valence-corrected chi connectivity index (χ2v) is 4.22. The molecule has 2 rings (SSSR count). The van der Waals surface area contributed by atoms with Gasteiger partial charge in [-0.25, -0.2) is 4.98 Å². The smallest absolute Gasteiger partial charge is 0.149 e. The van der Waals surface area contributed by atoms with E-state index < -0.39 is 0 Å². The van der Waals surface area contributed by atoms with Crippen molar-refractivity contribution < 1.29 is 0 Å². The van der Waals surface area contributed by atoms with Crippen LogP contribution < -0.4 is 11.1 Å². The van der Waals surface area contributed by atoms with Gasteiger partial charge in [-0.1, -0.05) is 0 Å². The second-order valence-electron chi connectivity index (χ2n) is 4.22. The molecule has 5 heteroatoms. The van der Waals surface area contributed by atoms with Crippen LogP contribution >= 0.6 is 0 Å². The fourth-order valence-electron chi connectivity index (χ4n) is 1.74. The predicted molar refractivity (Wildman–Crippen MR) is 68.7 cm³/mol. The van der Waals surface area contributed by atoms with E-state index in [0.29, 0.717) is 12.2 Å². The normalized spacial score (nSPS) is 10.5. The van der Waals surface area contributed by atoms with Gasteiger partial charge >= 0.3 is 0 Å². The minimum atomic E-state index is 0.673. The number of nitrogens with one attached hydrogen (secondary N) is 1. The predicted octanol–water partition coefficient (Wildman–Crippen LogP) is 1.63. The molecule has 0 atom stereocenters. The van der Waals surface area contributed by atoms with Crippen LogP contribution in [0.15, 0.2) is 18.5 Å². The molecule has 0 aliphatic heterocycles. The van der Waals surface area contributed by atoms with Gasteiger partial charge in [-0.05, 0) is 25.5 Å². The van der Waals surface area contributed by atoms with Crippen LogP contribution in [0.2, 0.25) is 0 Å². The fraction of sp³-hybridized carbons (Fsp3) is 0.333. The third-order valence-corrected chi connectivity index (χ3v) is 2.62. The fourth-order valence-corrected chi connectivity index (χ4v) is 1.74. The van der Waals surface area contributed by atoms with E-state index in [9.17, 15) is 0 Å². The molecule has 17 heavy (non-hydrogen) atoms. The number of rotatable bonds is 3. The largest absolute Gasteiger partial charge is 0.396 e. The Bertz CT molecular complexity index is 530. The number of aromatic nitrogens is 3. The minimum Gasteiger partial charge on any atom is -0.396 e. The molecule has 0 bridgehead atoms. The molecule has 0 aliphatic carbocycles. The van der Waals surface area contributed by atoms with Gasteiger partial charge in [-0.15, -0.1) is 0 Å². The van der Waals surface area contributed by atoms with Gasteiger partial charge in [0.1, 0.15) is 5.82 Å². The molecule has 2 heterocycles. The standard InChI is InChI=1S/C12H17N5/c1-8-4-11(13)12(14-5-8)15-6-10-7-17(3)16-9(10)2/h4-5,7H,6,13H2,1-3H3,(H,14,15). The number of nitrogens with two attached hydrogens (primary N) is 1. The summed E-state index contributed by atoms with van der Waals surface area (Å²) in [5.41, 5.74) is 9.78. The van der Waals surface area contributed by atoms with Crippen molar-refractivity contribution in [2.45, 2.75) is 20.4 Å². The number of nitrogen functional groups attached to an aromatic ring is 1. The van der Waals surface area contributed by atoms with Gasteiger partial charge in [-0.3, -0.25) is 4.68 Å². The summed E-state index contributed by atoms with van der Waals surface area (Å²) >= 11 is 0. The Balaban J connectivity index is 2.10. The van der Waals surface area contributed by atoms with Crippen molar-refractivity contribution in [1.82, 2.24) is 14.8 Å². The first-order valence-electron chi connectivity index (χ1n) is 5.51. The lowest BCUT2D eigenvalue weighted by Gasteiger charge is -2.07. The highest BCUT2D eigenvalue weighted by Gasteiger charge is 2.05. The lowest BCUT2D eigenvalue weighted by atomic mass is 10.2. The summed E-state index contributed by atoms with van der Waals surface area (Å²) in [7, 11) is 1.91. The summed E-state index contributed by atoms with van der Waals surface area (Å²) in [6, 6.07) is 1.91. The van der Waals surface area contributed by atoms with Gasteiger partial charge in [0.05, 0.1) is 11.4 Å². The lowest BCUT2D eigenvalue weighted by Crippen LogP contribution is -2.05. The topological polar surface area (TPSA) is 68.8 Å². The molecule has 0 radical (unpaired) electrons. The Morgan fingerprint density at radius 1 is 1.41 bits per heavy atom. The van der Waals surface area contributed by atoms with Crippen LogP contribution in [0.1, 0.15) is 16.8 Å². The third kappa shape index (κ3) is 2.55. The van der Waals surface area contributed by atoms with E-state index in [4.69, 9.17) is 5.73 Å². The van der Waals surface area contributed by atoms with E-state index in [1.807, 2.05) is 33.2 Å². The zero-order valence-corrected chi connectivity index (χ0v) is 10.4. The van der Waals surface area contributed by atoms with E-state index in [1.165, 1.54) is 0 Å². The van der Waals surface area contributed by atoms with Gasteiger partial charge in [0.25, 0.3) is 0 Å². The molecule has 2 aromatic heterocycles. The quantitative estimate of drug-likeness (QED) is 0.842. The Kier molecular flexibility index (Phi) is 2.99. The SMILES string of the molecule is Cc1cnc(NCc2cn(C)nc2C)c(N)c1. The average Bonchev–Trinajstić information content (AvgIpc) is 2.56. The van der Waals surface area contributed by atoms with E-state index >= 15 is 0 Å². The molecule has 0 fully saturated rings. The summed E-state index contributed by atoms with van der Waals surface area (Å²) in [5, 5.41) is 7.51. The van der Waals surface area contributed by atoms with Crippen LogP contribution in [0.4, 0.5) is 11.5 Å². The molecular weight excluding hydrogens is 214 g/mol. The van der Waals surface area contributed by atoms with E-state index in [2.05, 4.69) is 15.4 Å². The third-order valence-electron chi connectivity index (χ3n) is 2.62. The van der Waals surface area contributed by atoms with Crippen LogP contribution in [0.3, 0.4) is 0 Å². The first-order valence-corrected chi connectivity index (χ1v) is 5.51. The molecular formula is C12H17N5. The highest BCUT2D eigenvalue weighted by molar-refractivity contribution is 5.61. The molecule has 5 nitrogen and oxygen atoms in total. The molecule has 0 aromatic carbocycles. The van der Waals surface area contributed by atoms with E-state index in [-0.39, 0.29) is 0 Å². The highest BCUT2D eigenvalue weighted by atomic mass is 15.3. The summed E-state index contributed by atoms with van der Waals surface area (Å²) < 4.78 is 1.80. The number of nitrogens with zero attached hydrogens (tertiary/aromatic N) is 3. The summed E-state index contributed by atoms with van der Waals surface area (Å²) in [5.74, 6) is 0.721. The molecule has 2 aromatic rings. The zero-order valence-electron chi connectivity index (χ0n) is 10.4.